The first kappa shape index (κ1) is 9.34. The molecule has 0 N–H and O–H groups in total. The maximum atomic E-state index is 6.08. The number of anilines is 1. The van der Waals surface area contributed by atoms with Crippen LogP contribution in [0.3, 0.4) is 0 Å². The van der Waals surface area contributed by atoms with Crippen LogP contribution in [0.15, 0.2) is 40.8 Å². The molecule has 5 rings (SSSR count). The van der Waals surface area contributed by atoms with E-state index >= 15 is 0 Å². The van der Waals surface area contributed by atoms with Crippen molar-refractivity contribution in [2.24, 2.45) is 0 Å². The summed E-state index contributed by atoms with van der Waals surface area (Å²) in [5.41, 5.74) is 2.52. The zero-order valence-corrected chi connectivity index (χ0v) is 9.73. The summed E-state index contributed by atoms with van der Waals surface area (Å²) in [4.78, 5) is 2.46. The zero-order valence-electron chi connectivity index (χ0n) is 9.73. The van der Waals surface area contributed by atoms with Crippen molar-refractivity contribution >= 4 is 5.69 Å². The molecule has 0 aliphatic carbocycles. The van der Waals surface area contributed by atoms with Crippen LogP contribution >= 0.6 is 0 Å². The summed E-state index contributed by atoms with van der Waals surface area (Å²) in [6.07, 6.45) is 2.52. The van der Waals surface area contributed by atoms with Crippen LogP contribution in [0.2, 0.25) is 0 Å². The largest absolute Gasteiger partial charge is 0.459 e. The Morgan fingerprint density at radius 3 is 2.53 bits per heavy atom. The van der Waals surface area contributed by atoms with Gasteiger partial charge >= 0.3 is 0 Å². The third-order valence-electron chi connectivity index (χ3n) is 4.00. The summed E-state index contributed by atoms with van der Waals surface area (Å²) in [5, 5.41) is 0. The standard InChI is InChI=1S/C15H15NO/c1-2-4-11(5-3-1)14-10-13-15(17-14)12-6-8-16(13)9-7-12/h1-5,10,12H,6-9H2. The normalized spacial score (nSPS) is 18.5. The number of fused-ring (bicyclic) bond motifs is 2. The Labute approximate surface area is 101 Å². The van der Waals surface area contributed by atoms with Gasteiger partial charge in [-0.25, -0.2) is 0 Å². The van der Waals surface area contributed by atoms with E-state index in [1.54, 1.807) is 0 Å². The fraction of sp³-hybridized carbons (Fsp3) is 0.333. The lowest BCUT2D eigenvalue weighted by molar-refractivity contribution is 0.386. The number of rotatable bonds is 1. The Kier molecular flexibility index (Phi) is 1.87. The number of benzene rings is 1. The van der Waals surface area contributed by atoms with Crippen molar-refractivity contribution in [2.75, 3.05) is 18.0 Å². The van der Waals surface area contributed by atoms with Crippen molar-refractivity contribution in [1.82, 2.24) is 0 Å². The van der Waals surface area contributed by atoms with Gasteiger partial charge in [0.15, 0.2) is 0 Å². The maximum Gasteiger partial charge on any atom is 0.136 e. The van der Waals surface area contributed by atoms with Crippen LogP contribution in [-0.2, 0) is 0 Å². The molecule has 0 spiro atoms. The summed E-state index contributed by atoms with van der Waals surface area (Å²) < 4.78 is 6.08. The number of hydrogen-bond donors (Lipinski definition) is 0. The van der Waals surface area contributed by atoms with Crippen LogP contribution in [0.25, 0.3) is 11.3 Å². The van der Waals surface area contributed by atoms with E-state index in [-0.39, 0.29) is 0 Å². The summed E-state index contributed by atoms with van der Waals surface area (Å²) in [6, 6.07) is 12.6. The fourth-order valence-electron chi connectivity index (χ4n) is 3.06. The number of nitrogens with zero attached hydrogens (tertiary/aromatic N) is 1. The molecule has 1 fully saturated rings. The summed E-state index contributed by atoms with van der Waals surface area (Å²) >= 11 is 0. The van der Waals surface area contributed by atoms with Crippen molar-refractivity contribution in [3.8, 4) is 11.3 Å². The molecule has 0 amide bonds. The minimum absolute atomic E-state index is 0.660. The minimum Gasteiger partial charge on any atom is -0.459 e. The molecule has 0 radical (unpaired) electrons. The average molecular weight is 225 g/mol. The van der Waals surface area contributed by atoms with Crippen LogP contribution < -0.4 is 4.90 Å². The van der Waals surface area contributed by atoms with Crippen molar-refractivity contribution in [3.63, 3.8) is 0 Å². The van der Waals surface area contributed by atoms with Gasteiger partial charge in [0.2, 0.25) is 0 Å². The van der Waals surface area contributed by atoms with Crippen molar-refractivity contribution in [1.29, 1.82) is 0 Å². The first-order valence-corrected chi connectivity index (χ1v) is 6.36. The lowest BCUT2D eigenvalue weighted by Crippen LogP contribution is -2.37. The molecule has 0 atom stereocenters. The molecule has 1 aromatic carbocycles. The molecule has 1 aromatic heterocycles. The second-order valence-electron chi connectivity index (χ2n) is 4.99. The predicted octanol–water partition coefficient (Wildman–Crippen LogP) is 3.64. The van der Waals surface area contributed by atoms with Gasteiger partial charge in [0.05, 0.1) is 5.69 Å². The van der Waals surface area contributed by atoms with E-state index in [1.807, 2.05) is 6.07 Å². The van der Waals surface area contributed by atoms with Gasteiger partial charge in [0.1, 0.15) is 11.5 Å². The smallest absolute Gasteiger partial charge is 0.136 e. The highest BCUT2D eigenvalue weighted by molar-refractivity contribution is 5.68. The molecular formula is C15H15NO. The van der Waals surface area contributed by atoms with Crippen LogP contribution in [0.5, 0.6) is 0 Å². The molecular weight excluding hydrogens is 210 g/mol. The van der Waals surface area contributed by atoms with Crippen molar-refractivity contribution < 1.29 is 4.42 Å². The van der Waals surface area contributed by atoms with Crippen LogP contribution in [0.4, 0.5) is 5.69 Å². The van der Waals surface area contributed by atoms with E-state index in [9.17, 15) is 0 Å². The Morgan fingerprint density at radius 2 is 1.82 bits per heavy atom. The molecule has 1 saturated heterocycles. The van der Waals surface area contributed by atoms with Crippen LogP contribution in [0, 0.1) is 0 Å². The van der Waals surface area contributed by atoms with E-state index in [1.165, 1.54) is 42.9 Å². The SMILES string of the molecule is c1ccc(-c2cc3c(o2)C2CCN3CC2)cc1. The Morgan fingerprint density at radius 1 is 1.06 bits per heavy atom. The van der Waals surface area contributed by atoms with Gasteiger partial charge in [-0.05, 0) is 12.8 Å². The minimum atomic E-state index is 0.660. The third-order valence-corrected chi connectivity index (χ3v) is 4.00. The highest BCUT2D eigenvalue weighted by Gasteiger charge is 2.34. The average Bonchev–Trinajstić information content (AvgIpc) is 2.88. The molecule has 3 aliphatic heterocycles. The van der Waals surface area contributed by atoms with E-state index in [4.69, 9.17) is 4.42 Å². The Bertz CT molecular complexity index is 506. The molecule has 2 heteroatoms. The fourth-order valence-corrected chi connectivity index (χ4v) is 3.06. The lowest BCUT2D eigenvalue weighted by atomic mass is 9.88. The lowest BCUT2D eigenvalue weighted by Gasteiger charge is -2.38. The summed E-state index contributed by atoms with van der Waals surface area (Å²) in [5.74, 6) is 2.91. The van der Waals surface area contributed by atoms with Gasteiger partial charge in [-0.1, -0.05) is 30.3 Å². The first-order valence-electron chi connectivity index (χ1n) is 6.36. The number of hydrogen-bond acceptors (Lipinski definition) is 2. The molecule has 0 unspecified atom stereocenters. The molecule has 2 nitrogen and oxygen atoms in total. The van der Waals surface area contributed by atoms with Crippen molar-refractivity contribution in [2.45, 2.75) is 18.8 Å². The highest BCUT2D eigenvalue weighted by Crippen LogP contribution is 2.45. The number of piperidine rings is 1. The topological polar surface area (TPSA) is 16.4 Å². The summed E-state index contributed by atoms with van der Waals surface area (Å²) in [7, 11) is 0. The molecule has 2 bridgehead atoms. The van der Waals surface area contributed by atoms with Gasteiger partial charge < -0.3 is 9.32 Å². The van der Waals surface area contributed by atoms with Gasteiger partial charge in [0.25, 0.3) is 0 Å². The maximum absolute atomic E-state index is 6.08. The Hall–Kier alpha value is -1.70. The molecule has 4 heterocycles. The van der Waals surface area contributed by atoms with Gasteiger partial charge in [-0.15, -0.1) is 0 Å². The molecule has 0 saturated carbocycles. The van der Waals surface area contributed by atoms with Gasteiger partial charge in [-0.3, -0.25) is 0 Å². The third kappa shape index (κ3) is 1.33. The zero-order chi connectivity index (χ0) is 11.2. The quantitative estimate of drug-likeness (QED) is 0.736. The van der Waals surface area contributed by atoms with E-state index in [2.05, 4.69) is 35.2 Å². The van der Waals surface area contributed by atoms with Crippen LogP contribution in [0.1, 0.15) is 24.5 Å². The van der Waals surface area contributed by atoms with Gasteiger partial charge in [-0.2, -0.15) is 0 Å². The highest BCUT2D eigenvalue weighted by atomic mass is 16.3. The monoisotopic (exact) mass is 225 g/mol. The van der Waals surface area contributed by atoms with E-state index < -0.39 is 0 Å². The molecule has 86 valence electrons. The predicted molar refractivity (Wildman–Crippen MR) is 68.3 cm³/mol. The molecule has 2 aromatic rings. The summed E-state index contributed by atoms with van der Waals surface area (Å²) in [6.45, 7) is 2.40. The second-order valence-corrected chi connectivity index (χ2v) is 4.99. The van der Waals surface area contributed by atoms with Crippen LogP contribution in [-0.4, -0.2) is 13.1 Å². The van der Waals surface area contributed by atoms with Crippen molar-refractivity contribution in [3.05, 3.63) is 42.2 Å². The Balaban J connectivity index is 1.83. The number of furan rings is 1. The van der Waals surface area contributed by atoms with Gasteiger partial charge in [0, 0.05) is 30.6 Å². The first-order chi connectivity index (χ1) is 8.42. The molecule has 17 heavy (non-hydrogen) atoms. The van der Waals surface area contributed by atoms with E-state index in [0.29, 0.717) is 5.92 Å². The van der Waals surface area contributed by atoms with E-state index in [0.717, 1.165) is 5.76 Å². The molecule has 3 aliphatic rings. The second kappa shape index (κ2) is 3.39.